The van der Waals surface area contributed by atoms with E-state index in [9.17, 15) is 9.18 Å². The number of morpholine rings is 1. The van der Waals surface area contributed by atoms with Crippen LogP contribution < -0.4 is 5.32 Å². The third-order valence-corrected chi connectivity index (χ3v) is 4.17. The Labute approximate surface area is 146 Å². The van der Waals surface area contributed by atoms with Gasteiger partial charge in [-0.05, 0) is 29.8 Å². The number of halogens is 1. The van der Waals surface area contributed by atoms with Gasteiger partial charge < -0.3 is 15.0 Å². The van der Waals surface area contributed by atoms with Gasteiger partial charge in [0.15, 0.2) is 0 Å². The molecule has 1 aliphatic heterocycles. The Balaban J connectivity index is 1.69. The lowest BCUT2D eigenvalue weighted by Crippen LogP contribution is -2.49. The molecule has 0 saturated carbocycles. The van der Waals surface area contributed by atoms with Crippen molar-refractivity contribution >= 4 is 5.91 Å². The van der Waals surface area contributed by atoms with Crippen LogP contribution in [-0.2, 0) is 22.5 Å². The normalized spacial score (nSPS) is 17.2. The average molecular weight is 343 g/mol. The number of carbonyl (C=O) groups is 1. The van der Waals surface area contributed by atoms with E-state index in [1.54, 1.807) is 23.2 Å². The molecule has 1 fully saturated rings. The van der Waals surface area contributed by atoms with Gasteiger partial charge in [-0.25, -0.2) is 4.39 Å². The van der Waals surface area contributed by atoms with Gasteiger partial charge in [0.2, 0.25) is 0 Å². The second-order valence-electron chi connectivity index (χ2n) is 6.02. The Morgan fingerprint density at radius 1 is 1.28 bits per heavy atom. The van der Waals surface area contributed by atoms with Gasteiger partial charge in [0.1, 0.15) is 11.9 Å². The number of carbonyl (C=O) groups excluding carboxylic acids is 1. The second-order valence-corrected chi connectivity index (χ2v) is 6.02. The number of nitrogens with zero attached hydrogens (tertiary/aromatic N) is 2. The highest BCUT2D eigenvalue weighted by molar-refractivity contribution is 5.81. The molecule has 0 spiro atoms. The van der Waals surface area contributed by atoms with Crippen LogP contribution in [0.3, 0.4) is 0 Å². The minimum atomic E-state index is -0.474. The van der Waals surface area contributed by atoms with Gasteiger partial charge in [-0.1, -0.05) is 18.2 Å². The van der Waals surface area contributed by atoms with Gasteiger partial charge in [0.25, 0.3) is 5.91 Å². The maximum Gasteiger partial charge on any atom is 0.253 e. The summed E-state index contributed by atoms with van der Waals surface area (Å²) in [5.74, 6) is -0.331. The van der Waals surface area contributed by atoms with Crippen LogP contribution in [0.2, 0.25) is 0 Å². The number of pyridine rings is 1. The third-order valence-electron chi connectivity index (χ3n) is 4.17. The maximum atomic E-state index is 13.1. The van der Waals surface area contributed by atoms with Crippen molar-refractivity contribution in [2.24, 2.45) is 0 Å². The Kier molecular flexibility index (Phi) is 6.09. The highest BCUT2D eigenvalue weighted by Gasteiger charge is 2.26. The first-order valence-corrected chi connectivity index (χ1v) is 8.48. The predicted octanol–water partition coefficient (Wildman–Crippen LogP) is 1.78. The molecule has 1 amide bonds. The van der Waals surface area contributed by atoms with Crippen LogP contribution in [0.5, 0.6) is 0 Å². The molecule has 0 unspecified atom stereocenters. The number of hydrogen-bond donors (Lipinski definition) is 1. The molecular weight excluding hydrogens is 321 g/mol. The fraction of sp³-hybridized carbons (Fsp3) is 0.368. The molecule has 1 aromatic heterocycles. The molecule has 5 nitrogen and oxygen atoms in total. The van der Waals surface area contributed by atoms with E-state index in [0.717, 1.165) is 17.8 Å². The molecule has 0 aliphatic carbocycles. The molecule has 3 rings (SSSR count). The largest absolute Gasteiger partial charge is 0.366 e. The molecule has 1 aliphatic rings. The van der Waals surface area contributed by atoms with Crippen molar-refractivity contribution in [2.75, 3.05) is 26.2 Å². The summed E-state index contributed by atoms with van der Waals surface area (Å²) < 4.78 is 18.7. The number of benzene rings is 1. The summed E-state index contributed by atoms with van der Waals surface area (Å²) >= 11 is 0. The zero-order chi connectivity index (χ0) is 17.5. The van der Waals surface area contributed by atoms with Gasteiger partial charge in [-0.15, -0.1) is 0 Å². The molecule has 1 N–H and O–H groups in total. The Morgan fingerprint density at radius 2 is 2.12 bits per heavy atom. The van der Waals surface area contributed by atoms with Crippen molar-refractivity contribution in [2.45, 2.75) is 19.1 Å². The number of aromatic nitrogens is 1. The fourth-order valence-corrected chi connectivity index (χ4v) is 2.80. The van der Waals surface area contributed by atoms with E-state index < -0.39 is 6.10 Å². The molecule has 2 heterocycles. The molecule has 1 atom stereocenters. The van der Waals surface area contributed by atoms with E-state index in [1.165, 1.54) is 12.1 Å². The van der Waals surface area contributed by atoms with E-state index in [0.29, 0.717) is 32.7 Å². The van der Waals surface area contributed by atoms with Gasteiger partial charge in [0.05, 0.1) is 6.61 Å². The SMILES string of the molecule is O=C([C@@H]1CNCCO1)N(CCc1ccccn1)Cc1ccc(F)cc1. The summed E-state index contributed by atoms with van der Waals surface area (Å²) in [5, 5.41) is 3.18. The molecule has 1 saturated heterocycles. The Morgan fingerprint density at radius 3 is 2.80 bits per heavy atom. The lowest BCUT2D eigenvalue weighted by Gasteiger charge is -2.30. The molecular formula is C19H22FN3O2. The smallest absolute Gasteiger partial charge is 0.253 e. The van der Waals surface area contributed by atoms with Gasteiger partial charge in [-0.3, -0.25) is 9.78 Å². The van der Waals surface area contributed by atoms with E-state index in [2.05, 4.69) is 10.3 Å². The number of rotatable bonds is 6. The Bertz CT molecular complexity index is 673. The van der Waals surface area contributed by atoms with Crippen LogP contribution in [0, 0.1) is 5.82 Å². The minimum Gasteiger partial charge on any atom is -0.366 e. The monoisotopic (exact) mass is 343 g/mol. The number of ether oxygens (including phenoxy) is 1. The maximum absolute atomic E-state index is 13.1. The van der Waals surface area contributed by atoms with Crippen molar-refractivity contribution in [1.29, 1.82) is 0 Å². The summed E-state index contributed by atoms with van der Waals surface area (Å²) in [7, 11) is 0. The van der Waals surface area contributed by atoms with E-state index in [1.807, 2.05) is 18.2 Å². The standard InChI is InChI=1S/C19H22FN3O2/c20-16-6-4-15(5-7-16)14-23(11-8-17-3-1-2-9-22-17)19(24)18-13-21-10-12-25-18/h1-7,9,18,21H,8,10-14H2/t18-/m0/s1. The van der Waals surface area contributed by atoms with E-state index in [-0.39, 0.29) is 11.7 Å². The lowest BCUT2D eigenvalue weighted by molar-refractivity contribution is -0.145. The third kappa shape index (κ3) is 5.08. The quantitative estimate of drug-likeness (QED) is 0.869. The summed E-state index contributed by atoms with van der Waals surface area (Å²) in [5.41, 5.74) is 1.82. The number of amides is 1. The molecule has 132 valence electrons. The van der Waals surface area contributed by atoms with E-state index in [4.69, 9.17) is 4.74 Å². The van der Waals surface area contributed by atoms with Crippen LogP contribution in [0.15, 0.2) is 48.7 Å². The highest BCUT2D eigenvalue weighted by Crippen LogP contribution is 2.11. The van der Waals surface area contributed by atoms with Crippen molar-refractivity contribution < 1.29 is 13.9 Å². The summed E-state index contributed by atoms with van der Waals surface area (Å²) in [6.45, 7) is 2.76. The number of nitrogens with one attached hydrogen (secondary N) is 1. The predicted molar refractivity (Wildman–Crippen MR) is 92.4 cm³/mol. The van der Waals surface area contributed by atoms with Crippen LogP contribution in [0.25, 0.3) is 0 Å². The molecule has 2 aromatic rings. The fourth-order valence-electron chi connectivity index (χ4n) is 2.80. The van der Waals surface area contributed by atoms with Crippen molar-refractivity contribution in [3.63, 3.8) is 0 Å². The second kappa shape index (κ2) is 8.69. The van der Waals surface area contributed by atoms with Crippen LogP contribution in [0.1, 0.15) is 11.3 Å². The zero-order valence-electron chi connectivity index (χ0n) is 14.0. The average Bonchev–Trinajstić information content (AvgIpc) is 2.67. The lowest BCUT2D eigenvalue weighted by atomic mass is 10.1. The topological polar surface area (TPSA) is 54.5 Å². The van der Waals surface area contributed by atoms with Gasteiger partial charge in [-0.2, -0.15) is 0 Å². The van der Waals surface area contributed by atoms with Crippen LogP contribution in [0.4, 0.5) is 4.39 Å². The number of hydrogen-bond acceptors (Lipinski definition) is 4. The molecule has 25 heavy (non-hydrogen) atoms. The van der Waals surface area contributed by atoms with Crippen molar-refractivity contribution in [3.8, 4) is 0 Å². The summed E-state index contributed by atoms with van der Waals surface area (Å²) in [6, 6.07) is 12.0. The van der Waals surface area contributed by atoms with Gasteiger partial charge >= 0.3 is 0 Å². The van der Waals surface area contributed by atoms with Crippen LogP contribution >= 0.6 is 0 Å². The first-order valence-electron chi connectivity index (χ1n) is 8.48. The summed E-state index contributed by atoms with van der Waals surface area (Å²) in [4.78, 5) is 18.9. The van der Waals surface area contributed by atoms with Crippen LogP contribution in [-0.4, -0.2) is 48.1 Å². The highest BCUT2D eigenvalue weighted by atomic mass is 19.1. The van der Waals surface area contributed by atoms with Crippen molar-refractivity contribution in [1.82, 2.24) is 15.2 Å². The van der Waals surface area contributed by atoms with Crippen molar-refractivity contribution in [3.05, 3.63) is 65.7 Å². The first-order chi connectivity index (χ1) is 12.2. The molecule has 0 radical (unpaired) electrons. The molecule has 0 bridgehead atoms. The molecule has 1 aromatic carbocycles. The van der Waals surface area contributed by atoms with Gasteiger partial charge in [0, 0.05) is 44.5 Å². The summed E-state index contributed by atoms with van der Waals surface area (Å²) in [6.07, 6.45) is 1.93. The molecule has 6 heteroatoms. The minimum absolute atomic E-state index is 0.0487. The first kappa shape index (κ1) is 17.5. The zero-order valence-corrected chi connectivity index (χ0v) is 14.0. The van der Waals surface area contributed by atoms with E-state index >= 15 is 0 Å². The Hall–Kier alpha value is -2.31.